The van der Waals surface area contributed by atoms with Gasteiger partial charge in [-0.15, -0.1) is 0 Å². The highest BCUT2D eigenvalue weighted by Gasteiger charge is 2.26. The van der Waals surface area contributed by atoms with Gasteiger partial charge < -0.3 is 9.64 Å². The van der Waals surface area contributed by atoms with E-state index in [4.69, 9.17) is 4.74 Å². The minimum absolute atomic E-state index is 0.139. The topological polar surface area (TPSA) is 32.8 Å². The first kappa shape index (κ1) is 17.0. The number of likely N-dealkylation sites (N-methyl/N-ethyl adjacent to an activating group) is 1. The number of carbonyl (C=O) groups excluding carboxylic acids is 1. The summed E-state index contributed by atoms with van der Waals surface area (Å²) in [5.74, 6) is 0.638. The summed E-state index contributed by atoms with van der Waals surface area (Å²) < 4.78 is 5.81. The first-order valence-electron chi connectivity index (χ1n) is 8.31. The molecule has 0 aliphatic carbocycles. The van der Waals surface area contributed by atoms with Crippen molar-refractivity contribution < 1.29 is 9.53 Å². The number of para-hydroxylation sites is 1. The molecule has 1 fully saturated rings. The van der Waals surface area contributed by atoms with E-state index >= 15 is 0 Å². The van der Waals surface area contributed by atoms with Crippen LogP contribution in [0.5, 0.6) is 5.75 Å². The van der Waals surface area contributed by atoms with Gasteiger partial charge in [0.05, 0.1) is 0 Å². The maximum atomic E-state index is 12.6. The monoisotopic (exact) mass is 304 g/mol. The number of ether oxygens (including phenoxy) is 1. The summed E-state index contributed by atoms with van der Waals surface area (Å²) in [4.78, 5) is 17.1. The molecule has 22 heavy (non-hydrogen) atoms. The molecule has 1 atom stereocenters. The third kappa shape index (κ3) is 3.87. The first-order chi connectivity index (χ1) is 10.6. The maximum absolute atomic E-state index is 12.6. The summed E-state index contributed by atoms with van der Waals surface area (Å²) >= 11 is 0. The van der Waals surface area contributed by atoms with Crippen molar-refractivity contribution in [3.8, 4) is 5.75 Å². The minimum Gasteiger partial charge on any atom is -0.425 e. The van der Waals surface area contributed by atoms with Gasteiger partial charge in [-0.2, -0.15) is 0 Å². The molecule has 0 saturated carbocycles. The van der Waals surface area contributed by atoms with Gasteiger partial charge >= 0.3 is 5.97 Å². The number of benzene rings is 1. The van der Waals surface area contributed by atoms with E-state index in [1.165, 1.54) is 0 Å². The Balaban J connectivity index is 2.08. The molecule has 0 radical (unpaired) electrons. The number of esters is 1. The number of hydrogen-bond acceptors (Lipinski definition) is 4. The lowest BCUT2D eigenvalue weighted by molar-refractivity contribution is -0.140. The van der Waals surface area contributed by atoms with Crippen molar-refractivity contribution in [1.29, 1.82) is 0 Å². The second kappa shape index (κ2) is 7.75. The zero-order valence-corrected chi connectivity index (χ0v) is 14.3. The number of hydrogen-bond donors (Lipinski definition) is 0. The minimum atomic E-state index is -0.191. The van der Waals surface area contributed by atoms with Crippen LogP contribution in [-0.2, 0) is 17.6 Å². The molecule has 1 aromatic rings. The largest absolute Gasteiger partial charge is 0.425 e. The maximum Gasteiger partial charge on any atom is 0.328 e. The Kier molecular flexibility index (Phi) is 5.98. The van der Waals surface area contributed by atoms with Crippen LogP contribution < -0.4 is 4.74 Å². The van der Waals surface area contributed by atoms with Crippen LogP contribution >= 0.6 is 0 Å². The molecule has 1 saturated heterocycles. The van der Waals surface area contributed by atoms with Crippen LogP contribution in [0.4, 0.5) is 0 Å². The van der Waals surface area contributed by atoms with E-state index in [2.05, 4.69) is 30.7 Å². The Morgan fingerprint density at radius 3 is 2.18 bits per heavy atom. The number of nitrogens with zero attached hydrogens (tertiary/aromatic N) is 2. The highest BCUT2D eigenvalue weighted by atomic mass is 16.5. The number of piperazine rings is 1. The molecule has 0 spiro atoms. The number of aryl methyl sites for hydroxylation is 2. The molecule has 1 aliphatic heterocycles. The van der Waals surface area contributed by atoms with E-state index in [-0.39, 0.29) is 12.0 Å². The molecule has 0 aromatic heterocycles. The average molecular weight is 304 g/mol. The lowest BCUT2D eigenvalue weighted by Gasteiger charge is -2.35. The molecular weight excluding hydrogens is 276 g/mol. The van der Waals surface area contributed by atoms with Crippen LogP contribution in [0.1, 0.15) is 31.9 Å². The normalized spacial score (nSPS) is 18.2. The standard InChI is InChI=1S/C18H28N2O2/c1-5-15-8-7-9-16(6-2)17(15)22-18(21)14(3)20-12-10-19(4)11-13-20/h7-9,14H,5-6,10-13H2,1-4H3. The Bertz CT molecular complexity index is 486. The predicted octanol–water partition coefficient (Wildman–Crippen LogP) is 2.35. The van der Waals surface area contributed by atoms with E-state index < -0.39 is 0 Å². The smallest absolute Gasteiger partial charge is 0.328 e. The zero-order chi connectivity index (χ0) is 16.1. The van der Waals surface area contributed by atoms with Gasteiger partial charge in [0.25, 0.3) is 0 Å². The van der Waals surface area contributed by atoms with Gasteiger partial charge in [-0.25, -0.2) is 4.79 Å². The average Bonchev–Trinajstić information content (AvgIpc) is 2.55. The lowest BCUT2D eigenvalue weighted by atomic mass is 10.0. The Morgan fingerprint density at radius 1 is 1.14 bits per heavy atom. The molecule has 4 nitrogen and oxygen atoms in total. The van der Waals surface area contributed by atoms with Crippen molar-refractivity contribution in [2.24, 2.45) is 0 Å². The molecule has 4 heteroatoms. The van der Waals surface area contributed by atoms with Crippen molar-refractivity contribution in [3.05, 3.63) is 29.3 Å². The number of carbonyl (C=O) groups is 1. The third-order valence-electron chi connectivity index (χ3n) is 4.57. The van der Waals surface area contributed by atoms with Crippen LogP contribution in [-0.4, -0.2) is 55.0 Å². The molecule has 122 valence electrons. The highest BCUT2D eigenvalue weighted by Crippen LogP contribution is 2.26. The molecule has 0 amide bonds. The van der Waals surface area contributed by atoms with Gasteiger partial charge in [-0.1, -0.05) is 32.0 Å². The van der Waals surface area contributed by atoms with E-state index in [9.17, 15) is 4.79 Å². The van der Waals surface area contributed by atoms with Crippen molar-refractivity contribution >= 4 is 5.97 Å². The Hall–Kier alpha value is -1.39. The molecule has 0 N–H and O–H groups in total. The fraction of sp³-hybridized carbons (Fsp3) is 0.611. The second-order valence-electron chi connectivity index (χ2n) is 6.05. The van der Waals surface area contributed by atoms with Gasteiger partial charge in [0.2, 0.25) is 0 Å². The van der Waals surface area contributed by atoms with Crippen LogP contribution in [0.25, 0.3) is 0 Å². The van der Waals surface area contributed by atoms with Crippen molar-refractivity contribution in [1.82, 2.24) is 9.80 Å². The van der Waals surface area contributed by atoms with Gasteiger partial charge in [-0.3, -0.25) is 4.90 Å². The van der Waals surface area contributed by atoms with E-state index in [1.807, 2.05) is 25.1 Å². The summed E-state index contributed by atoms with van der Waals surface area (Å²) in [6.45, 7) is 9.98. The van der Waals surface area contributed by atoms with Crippen molar-refractivity contribution in [2.45, 2.75) is 39.7 Å². The van der Waals surface area contributed by atoms with Gasteiger partial charge in [0, 0.05) is 26.2 Å². The Labute approximate surface area is 134 Å². The highest BCUT2D eigenvalue weighted by molar-refractivity contribution is 5.78. The van der Waals surface area contributed by atoms with Gasteiger partial charge in [0.1, 0.15) is 11.8 Å². The van der Waals surface area contributed by atoms with Crippen LogP contribution in [0.3, 0.4) is 0 Å². The summed E-state index contributed by atoms with van der Waals surface area (Å²) in [6, 6.07) is 5.94. The summed E-state index contributed by atoms with van der Waals surface area (Å²) in [5.41, 5.74) is 2.22. The van der Waals surface area contributed by atoms with Crippen LogP contribution in [0.2, 0.25) is 0 Å². The van der Waals surface area contributed by atoms with Crippen molar-refractivity contribution in [3.63, 3.8) is 0 Å². The molecule has 1 aliphatic rings. The molecule has 1 aromatic carbocycles. The van der Waals surface area contributed by atoms with E-state index in [1.54, 1.807) is 0 Å². The fourth-order valence-corrected chi connectivity index (χ4v) is 2.87. The van der Waals surface area contributed by atoms with E-state index in [0.717, 1.165) is 55.9 Å². The third-order valence-corrected chi connectivity index (χ3v) is 4.57. The number of rotatable bonds is 5. The van der Waals surface area contributed by atoms with Crippen molar-refractivity contribution in [2.75, 3.05) is 33.2 Å². The molecule has 0 bridgehead atoms. The summed E-state index contributed by atoms with van der Waals surface area (Å²) in [5, 5.41) is 0. The first-order valence-corrected chi connectivity index (χ1v) is 8.31. The summed E-state index contributed by atoms with van der Waals surface area (Å²) in [7, 11) is 2.12. The van der Waals surface area contributed by atoms with Gasteiger partial charge in [-0.05, 0) is 37.9 Å². The zero-order valence-electron chi connectivity index (χ0n) is 14.3. The fourth-order valence-electron chi connectivity index (χ4n) is 2.87. The van der Waals surface area contributed by atoms with Crippen LogP contribution in [0.15, 0.2) is 18.2 Å². The quantitative estimate of drug-likeness (QED) is 0.617. The lowest BCUT2D eigenvalue weighted by Crippen LogP contribution is -2.51. The van der Waals surface area contributed by atoms with Crippen LogP contribution in [0, 0.1) is 0 Å². The SMILES string of the molecule is CCc1cccc(CC)c1OC(=O)C(C)N1CCN(C)CC1. The molecular formula is C18H28N2O2. The van der Waals surface area contributed by atoms with E-state index in [0.29, 0.717) is 0 Å². The molecule has 1 heterocycles. The summed E-state index contributed by atoms with van der Waals surface area (Å²) in [6.07, 6.45) is 1.75. The molecule has 1 unspecified atom stereocenters. The predicted molar refractivity (Wildman–Crippen MR) is 89.4 cm³/mol. The van der Waals surface area contributed by atoms with Gasteiger partial charge in [0.15, 0.2) is 0 Å². The Morgan fingerprint density at radius 2 is 1.68 bits per heavy atom. The second-order valence-corrected chi connectivity index (χ2v) is 6.05. The molecule has 2 rings (SSSR count).